The topological polar surface area (TPSA) is 47.3 Å². The molecular formula is C11H17F3N2O. The van der Waals surface area contributed by atoms with E-state index in [0.29, 0.717) is 25.9 Å². The van der Waals surface area contributed by atoms with Crippen molar-refractivity contribution in [2.45, 2.75) is 32.0 Å². The van der Waals surface area contributed by atoms with E-state index in [1.54, 1.807) is 11.8 Å². The quantitative estimate of drug-likeness (QED) is 0.830. The molecule has 0 saturated carbocycles. The maximum atomic E-state index is 12.4. The number of rotatable bonds is 3. The maximum Gasteiger partial charge on any atom is 0.405 e. The van der Waals surface area contributed by atoms with Crippen molar-refractivity contribution in [3.05, 3.63) is 0 Å². The molecule has 0 amide bonds. The summed E-state index contributed by atoms with van der Waals surface area (Å²) in [4.78, 5) is 1.65. The molecule has 1 N–H and O–H groups in total. The van der Waals surface area contributed by atoms with Crippen molar-refractivity contribution >= 4 is 0 Å². The van der Waals surface area contributed by atoms with Crippen molar-refractivity contribution in [2.75, 3.05) is 19.6 Å². The van der Waals surface area contributed by atoms with Gasteiger partial charge in [-0.2, -0.15) is 18.4 Å². The lowest BCUT2D eigenvalue weighted by molar-refractivity contribution is -0.164. The zero-order valence-electron chi connectivity index (χ0n) is 9.74. The zero-order valence-corrected chi connectivity index (χ0v) is 9.74. The molecule has 2 atom stereocenters. The van der Waals surface area contributed by atoms with Crippen LogP contribution in [0, 0.1) is 23.2 Å². The van der Waals surface area contributed by atoms with Crippen molar-refractivity contribution in [3.63, 3.8) is 0 Å². The lowest BCUT2D eigenvalue weighted by Gasteiger charge is -2.34. The highest BCUT2D eigenvalue weighted by atomic mass is 19.4. The number of likely N-dealkylation sites (tertiary alicyclic amines) is 1. The van der Waals surface area contributed by atoms with Crippen LogP contribution in [-0.2, 0) is 0 Å². The first kappa shape index (κ1) is 14.3. The van der Waals surface area contributed by atoms with Crippen LogP contribution in [-0.4, -0.2) is 41.9 Å². The average molecular weight is 250 g/mol. The predicted molar refractivity (Wildman–Crippen MR) is 56.0 cm³/mol. The smallest absolute Gasteiger partial charge is 0.393 e. The second kappa shape index (κ2) is 5.69. The summed E-state index contributed by atoms with van der Waals surface area (Å²) in [6.07, 6.45) is -3.48. The van der Waals surface area contributed by atoms with Crippen LogP contribution in [0.25, 0.3) is 0 Å². The Morgan fingerprint density at radius 3 is 2.29 bits per heavy atom. The van der Waals surface area contributed by atoms with Crippen molar-refractivity contribution in [3.8, 4) is 6.07 Å². The predicted octanol–water partition coefficient (Wildman–Crippen LogP) is 1.78. The fourth-order valence-corrected chi connectivity index (χ4v) is 2.09. The molecule has 0 spiro atoms. The molecule has 1 fully saturated rings. The third kappa shape index (κ3) is 4.17. The minimum atomic E-state index is -4.45. The molecule has 1 aliphatic rings. The molecule has 6 heteroatoms. The monoisotopic (exact) mass is 250 g/mol. The number of aliphatic hydroxyl groups is 1. The van der Waals surface area contributed by atoms with Gasteiger partial charge >= 0.3 is 6.18 Å². The summed E-state index contributed by atoms with van der Waals surface area (Å²) in [6, 6.07) is 1.31. The Labute approximate surface area is 98.8 Å². The summed E-state index contributed by atoms with van der Waals surface area (Å²) in [7, 11) is 0. The first-order valence-corrected chi connectivity index (χ1v) is 5.71. The highest BCUT2D eigenvalue weighted by Gasteiger charge is 2.41. The molecule has 2 unspecified atom stereocenters. The van der Waals surface area contributed by atoms with Gasteiger partial charge in [0.05, 0.1) is 12.2 Å². The number of alkyl halides is 3. The van der Waals surface area contributed by atoms with Crippen molar-refractivity contribution in [2.24, 2.45) is 11.8 Å². The van der Waals surface area contributed by atoms with E-state index in [1.807, 2.05) is 0 Å². The van der Waals surface area contributed by atoms with Gasteiger partial charge in [0, 0.05) is 6.54 Å². The van der Waals surface area contributed by atoms with Crippen LogP contribution in [0.5, 0.6) is 0 Å². The van der Waals surface area contributed by atoms with Gasteiger partial charge in [0.1, 0.15) is 0 Å². The summed E-state index contributed by atoms with van der Waals surface area (Å²) in [5, 5.41) is 17.9. The van der Waals surface area contributed by atoms with Crippen molar-refractivity contribution in [1.29, 1.82) is 5.26 Å². The normalized spacial score (nSPS) is 23.1. The SMILES string of the molecule is CC(O)C1CCN(CC(C#N)C(F)(F)F)CC1. The van der Waals surface area contributed by atoms with E-state index in [1.165, 1.54) is 6.07 Å². The molecule has 17 heavy (non-hydrogen) atoms. The summed E-state index contributed by atoms with van der Waals surface area (Å²) >= 11 is 0. The van der Waals surface area contributed by atoms with Gasteiger partial charge in [-0.3, -0.25) is 0 Å². The van der Waals surface area contributed by atoms with Crippen LogP contribution in [0.4, 0.5) is 13.2 Å². The molecule has 1 rings (SSSR count). The van der Waals surface area contributed by atoms with E-state index in [0.717, 1.165) is 0 Å². The third-order valence-electron chi connectivity index (χ3n) is 3.31. The molecular weight excluding hydrogens is 233 g/mol. The van der Waals surface area contributed by atoms with Gasteiger partial charge in [-0.15, -0.1) is 0 Å². The molecule has 0 aromatic carbocycles. The molecule has 3 nitrogen and oxygen atoms in total. The number of nitrogens with zero attached hydrogens (tertiary/aromatic N) is 2. The Hall–Kier alpha value is -0.800. The zero-order chi connectivity index (χ0) is 13.1. The van der Waals surface area contributed by atoms with E-state index in [4.69, 9.17) is 5.26 Å². The molecule has 0 bridgehead atoms. The molecule has 1 aliphatic heterocycles. The molecule has 0 radical (unpaired) electrons. The van der Waals surface area contributed by atoms with E-state index in [2.05, 4.69) is 0 Å². The first-order chi connectivity index (χ1) is 7.84. The van der Waals surface area contributed by atoms with Gasteiger partial charge in [-0.25, -0.2) is 0 Å². The summed E-state index contributed by atoms with van der Waals surface area (Å²) < 4.78 is 37.2. The van der Waals surface area contributed by atoms with E-state index < -0.39 is 18.2 Å². The number of halogens is 3. The lowest BCUT2D eigenvalue weighted by atomic mass is 9.92. The third-order valence-corrected chi connectivity index (χ3v) is 3.31. The van der Waals surface area contributed by atoms with Crippen LogP contribution in [0.2, 0.25) is 0 Å². The number of hydrogen-bond donors (Lipinski definition) is 1. The Morgan fingerprint density at radius 1 is 1.41 bits per heavy atom. The van der Waals surface area contributed by atoms with Crippen LogP contribution in [0.15, 0.2) is 0 Å². The number of nitriles is 1. The largest absolute Gasteiger partial charge is 0.405 e. The van der Waals surface area contributed by atoms with Gasteiger partial charge in [0.2, 0.25) is 0 Å². The Balaban J connectivity index is 2.43. The highest BCUT2D eigenvalue weighted by Crippen LogP contribution is 2.28. The van der Waals surface area contributed by atoms with Crippen LogP contribution < -0.4 is 0 Å². The second-order valence-corrected chi connectivity index (χ2v) is 4.60. The van der Waals surface area contributed by atoms with Crippen LogP contribution in [0.1, 0.15) is 19.8 Å². The summed E-state index contributed by atoms with van der Waals surface area (Å²) in [6.45, 7) is 2.48. The molecule has 0 aliphatic carbocycles. The highest BCUT2D eigenvalue weighted by molar-refractivity contribution is 4.91. The molecule has 1 heterocycles. The van der Waals surface area contributed by atoms with Gasteiger partial charge in [0.15, 0.2) is 5.92 Å². The lowest BCUT2D eigenvalue weighted by Crippen LogP contribution is -2.42. The van der Waals surface area contributed by atoms with Crippen LogP contribution >= 0.6 is 0 Å². The molecule has 0 aromatic rings. The van der Waals surface area contributed by atoms with E-state index in [9.17, 15) is 18.3 Å². The Morgan fingerprint density at radius 2 is 1.94 bits per heavy atom. The van der Waals surface area contributed by atoms with Gasteiger partial charge in [0.25, 0.3) is 0 Å². The number of hydrogen-bond acceptors (Lipinski definition) is 3. The van der Waals surface area contributed by atoms with Crippen molar-refractivity contribution in [1.82, 2.24) is 4.90 Å². The number of piperidine rings is 1. The van der Waals surface area contributed by atoms with E-state index in [-0.39, 0.29) is 12.5 Å². The second-order valence-electron chi connectivity index (χ2n) is 4.60. The standard InChI is InChI=1S/C11H17F3N2O/c1-8(17)9-2-4-16(5-3-9)7-10(6-15)11(12,13)14/h8-10,17H,2-5,7H2,1H3. The van der Waals surface area contributed by atoms with Crippen molar-refractivity contribution < 1.29 is 18.3 Å². The summed E-state index contributed by atoms with van der Waals surface area (Å²) in [5.74, 6) is -1.75. The van der Waals surface area contributed by atoms with Gasteiger partial charge in [-0.05, 0) is 38.8 Å². The fourth-order valence-electron chi connectivity index (χ4n) is 2.09. The van der Waals surface area contributed by atoms with Gasteiger partial charge in [-0.1, -0.05) is 0 Å². The Bertz CT molecular complexity index is 277. The molecule has 1 saturated heterocycles. The molecule has 98 valence electrons. The minimum Gasteiger partial charge on any atom is -0.393 e. The first-order valence-electron chi connectivity index (χ1n) is 5.71. The Kier molecular flexibility index (Phi) is 4.78. The van der Waals surface area contributed by atoms with Gasteiger partial charge < -0.3 is 10.0 Å². The summed E-state index contributed by atoms with van der Waals surface area (Å²) in [5.41, 5.74) is 0. The maximum absolute atomic E-state index is 12.4. The fraction of sp³-hybridized carbons (Fsp3) is 0.909. The molecule has 0 aromatic heterocycles. The number of aliphatic hydroxyl groups excluding tert-OH is 1. The van der Waals surface area contributed by atoms with E-state index >= 15 is 0 Å². The average Bonchev–Trinajstić information content (AvgIpc) is 2.24. The minimum absolute atomic E-state index is 0.165. The van der Waals surface area contributed by atoms with Crippen LogP contribution in [0.3, 0.4) is 0 Å².